The van der Waals surface area contributed by atoms with Crippen LogP contribution < -0.4 is 11.3 Å². The van der Waals surface area contributed by atoms with Gasteiger partial charge >= 0.3 is 0 Å². The number of fused-ring (bicyclic) bond motifs is 1. The Kier molecular flexibility index (Phi) is 5.44. The van der Waals surface area contributed by atoms with Crippen molar-refractivity contribution in [2.75, 3.05) is 5.75 Å². The van der Waals surface area contributed by atoms with E-state index < -0.39 is 0 Å². The molecule has 5 nitrogen and oxygen atoms in total. The van der Waals surface area contributed by atoms with Gasteiger partial charge in [-0.2, -0.15) is 0 Å². The third-order valence-corrected chi connectivity index (χ3v) is 6.22. The fourth-order valence-electron chi connectivity index (χ4n) is 2.90. The summed E-state index contributed by atoms with van der Waals surface area (Å²) in [6.45, 7) is 8.55. The largest absolute Gasteiger partial charge is 0.370 e. The van der Waals surface area contributed by atoms with Crippen molar-refractivity contribution in [2.45, 2.75) is 44.7 Å². The molecule has 0 spiro atoms. The highest BCUT2D eigenvalue weighted by molar-refractivity contribution is 7.99. The second kappa shape index (κ2) is 7.48. The van der Waals surface area contributed by atoms with Gasteiger partial charge in [0, 0.05) is 22.6 Å². The number of nitrogens with one attached hydrogen (secondary N) is 1. The van der Waals surface area contributed by atoms with Crippen molar-refractivity contribution in [1.29, 1.82) is 0 Å². The predicted molar refractivity (Wildman–Crippen MR) is 114 cm³/mol. The second-order valence-electron chi connectivity index (χ2n) is 7.48. The molecule has 0 fully saturated rings. The molecule has 27 heavy (non-hydrogen) atoms. The minimum Gasteiger partial charge on any atom is -0.370 e. The number of nitrogens with two attached hydrogens (primary N) is 1. The quantitative estimate of drug-likeness (QED) is 0.495. The molecule has 142 valence electrons. The molecule has 0 radical (unpaired) electrons. The van der Waals surface area contributed by atoms with Gasteiger partial charge in [-0.3, -0.25) is 9.59 Å². The molecule has 0 bridgehead atoms. The molecule has 3 aromatic rings. The van der Waals surface area contributed by atoms with Crippen LogP contribution in [-0.4, -0.2) is 21.6 Å². The predicted octanol–water partition coefficient (Wildman–Crippen LogP) is 4.23. The average Bonchev–Trinajstić information content (AvgIpc) is 2.90. The maximum Gasteiger partial charge on any atom is 0.260 e. The number of aromatic amines is 1. The third-order valence-electron chi connectivity index (χ3n) is 4.34. The van der Waals surface area contributed by atoms with Gasteiger partial charge in [-0.25, -0.2) is 4.98 Å². The van der Waals surface area contributed by atoms with E-state index in [9.17, 15) is 9.59 Å². The topological polar surface area (TPSA) is 88.8 Å². The Bertz CT molecular complexity index is 1040. The Hall–Kier alpha value is -2.12. The summed E-state index contributed by atoms with van der Waals surface area (Å²) in [7, 11) is 0. The van der Waals surface area contributed by atoms with Crippen LogP contribution in [0.2, 0.25) is 0 Å². The van der Waals surface area contributed by atoms with Gasteiger partial charge in [-0.1, -0.05) is 56.8 Å². The van der Waals surface area contributed by atoms with Gasteiger partial charge in [0.1, 0.15) is 4.83 Å². The van der Waals surface area contributed by atoms with Crippen molar-refractivity contribution in [3.8, 4) is 11.1 Å². The van der Waals surface area contributed by atoms with Crippen LogP contribution in [0, 0.1) is 6.92 Å². The molecule has 0 aliphatic carbocycles. The van der Waals surface area contributed by atoms with Crippen molar-refractivity contribution in [1.82, 2.24) is 9.97 Å². The molecule has 0 aliphatic rings. The monoisotopic (exact) mass is 401 g/mol. The fraction of sp³-hybridized carbons (Fsp3) is 0.350. The number of carbonyl (C=O) groups excluding carboxylic acids is 1. The van der Waals surface area contributed by atoms with Crippen molar-refractivity contribution < 1.29 is 4.79 Å². The Labute approximate surface area is 166 Å². The molecule has 0 saturated carbocycles. The van der Waals surface area contributed by atoms with Crippen molar-refractivity contribution in [3.05, 3.63) is 45.1 Å². The van der Waals surface area contributed by atoms with Gasteiger partial charge in [0.2, 0.25) is 5.91 Å². The van der Waals surface area contributed by atoms with E-state index in [1.165, 1.54) is 28.7 Å². The molecule has 2 heterocycles. The number of primary amides is 1. The van der Waals surface area contributed by atoms with E-state index in [0.717, 1.165) is 16.0 Å². The molecule has 1 amide bonds. The SMILES string of the molecule is Cc1sc2nc(SCCC(N)=O)[nH]c(=O)c2c1-c1ccc(C(C)(C)C)cc1. The van der Waals surface area contributed by atoms with Crippen LogP contribution in [0.1, 0.15) is 37.6 Å². The Morgan fingerprint density at radius 2 is 1.93 bits per heavy atom. The lowest BCUT2D eigenvalue weighted by Crippen LogP contribution is -2.12. The van der Waals surface area contributed by atoms with Crippen molar-refractivity contribution in [3.63, 3.8) is 0 Å². The summed E-state index contributed by atoms with van der Waals surface area (Å²) >= 11 is 2.85. The maximum atomic E-state index is 12.7. The number of aryl methyl sites for hydroxylation is 1. The first kappa shape index (κ1) is 19.6. The number of benzene rings is 1. The molecule has 0 atom stereocenters. The van der Waals surface area contributed by atoms with Crippen molar-refractivity contribution in [2.24, 2.45) is 5.73 Å². The van der Waals surface area contributed by atoms with E-state index in [4.69, 9.17) is 5.73 Å². The van der Waals surface area contributed by atoms with E-state index in [-0.39, 0.29) is 23.3 Å². The first-order valence-electron chi connectivity index (χ1n) is 8.72. The minimum atomic E-state index is -0.362. The van der Waals surface area contributed by atoms with E-state index in [0.29, 0.717) is 21.1 Å². The first-order chi connectivity index (χ1) is 12.7. The summed E-state index contributed by atoms with van der Waals surface area (Å²) < 4.78 is 0. The number of nitrogens with zero attached hydrogens (tertiary/aromatic N) is 1. The molecule has 0 saturated heterocycles. The number of rotatable bonds is 5. The summed E-state index contributed by atoms with van der Waals surface area (Å²) in [4.78, 5) is 32.8. The number of thiophene rings is 1. The molecule has 3 rings (SSSR count). The zero-order valence-corrected chi connectivity index (χ0v) is 17.5. The zero-order chi connectivity index (χ0) is 19.8. The Balaban J connectivity index is 2.01. The van der Waals surface area contributed by atoms with Gasteiger partial charge in [0.15, 0.2) is 5.16 Å². The lowest BCUT2D eigenvalue weighted by Gasteiger charge is -2.19. The molecule has 3 N–H and O–H groups in total. The summed E-state index contributed by atoms with van der Waals surface area (Å²) in [6.07, 6.45) is 0.251. The van der Waals surface area contributed by atoms with E-state index in [1.54, 1.807) is 0 Å². The van der Waals surface area contributed by atoms with Gasteiger partial charge in [-0.15, -0.1) is 11.3 Å². The number of thioether (sulfide) groups is 1. The molecule has 0 unspecified atom stereocenters. The molecule has 0 aliphatic heterocycles. The van der Waals surface area contributed by atoms with Crippen LogP contribution in [0.3, 0.4) is 0 Å². The summed E-state index contributed by atoms with van der Waals surface area (Å²) in [5.41, 5.74) is 8.31. The number of amides is 1. The standard InChI is InChI=1S/C20H23N3O2S2/c1-11-15(12-5-7-13(8-6-12)20(2,3)4)16-17(25)22-19(23-18(16)27-11)26-10-9-14(21)24/h5-8H,9-10H2,1-4H3,(H2,21,24)(H,22,23,25). The maximum absolute atomic E-state index is 12.7. The van der Waals surface area contributed by atoms with Crippen LogP contribution in [0.5, 0.6) is 0 Å². The Morgan fingerprint density at radius 3 is 2.52 bits per heavy atom. The van der Waals surface area contributed by atoms with Crippen LogP contribution in [0.15, 0.2) is 34.2 Å². The molecular weight excluding hydrogens is 378 g/mol. The second-order valence-corrected chi connectivity index (χ2v) is 9.76. The number of aromatic nitrogens is 2. The number of carbonyl (C=O) groups is 1. The van der Waals surface area contributed by atoms with Crippen molar-refractivity contribution >= 4 is 39.2 Å². The van der Waals surface area contributed by atoms with Gasteiger partial charge in [-0.05, 0) is 23.5 Å². The van der Waals surface area contributed by atoms with E-state index >= 15 is 0 Å². The van der Waals surface area contributed by atoms with E-state index in [2.05, 4.69) is 55.0 Å². The molecule has 7 heteroatoms. The van der Waals surface area contributed by atoms with Crippen LogP contribution in [-0.2, 0) is 10.2 Å². The van der Waals surface area contributed by atoms with Gasteiger partial charge < -0.3 is 10.7 Å². The van der Waals surface area contributed by atoms with Crippen LogP contribution in [0.4, 0.5) is 0 Å². The number of H-pyrrole nitrogens is 1. The highest BCUT2D eigenvalue weighted by Crippen LogP contribution is 2.37. The number of hydrogen-bond donors (Lipinski definition) is 2. The molecule has 2 aromatic heterocycles. The third kappa shape index (κ3) is 4.25. The fourth-order valence-corrected chi connectivity index (χ4v) is 4.82. The first-order valence-corrected chi connectivity index (χ1v) is 10.5. The van der Waals surface area contributed by atoms with Crippen LogP contribution in [0.25, 0.3) is 21.3 Å². The van der Waals surface area contributed by atoms with Gasteiger partial charge in [0.05, 0.1) is 5.39 Å². The summed E-state index contributed by atoms with van der Waals surface area (Å²) in [5, 5.41) is 1.14. The highest BCUT2D eigenvalue weighted by Gasteiger charge is 2.18. The smallest absolute Gasteiger partial charge is 0.260 e. The normalized spacial score (nSPS) is 11.9. The lowest BCUT2D eigenvalue weighted by molar-refractivity contribution is -0.117. The van der Waals surface area contributed by atoms with Crippen LogP contribution >= 0.6 is 23.1 Å². The number of hydrogen-bond acceptors (Lipinski definition) is 5. The van der Waals surface area contributed by atoms with Gasteiger partial charge in [0.25, 0.3) is 5.56 Å². The minimum absolute atomic E-state index is 0.0837. The summed E-state index contributed by atoms with van der Waals surface area (Å²) in [6, 6.07) is 8.38. The lowest BCUT2D eigenvalue weighted by atomic mass is 9.86. The summed E-state index contributed by atoms with van der Waals surface area (Å²) in [5.74, 6) is 0.133. The highest BCUT2D eigenvalue weighted by atomic mass is 32.2. The zero-order valence-electron chi connectivity index (χ0n) is 15.9. The van der Waals surface area contributed by atoms with E-state index in [1.807, 2.05) is 6.92 Å². The Morgan fingerprint density at radius 1 is 1.26 bits per heavy atom. The molecule has 1 aromatic carbocycles. The molecular formula is C20H23N3O2S2. The average molecular weight is 402 g/mol.